The molecule has 0 aliphatic rings. The summed E-state index contributed by atoms with van der Waals surface area (Å²) < 4.78 is 0. The van der Waals surface area contributed by atoms with Crippen molar-refractivity contribution in [3.8, 4) is 0 Å². The number of hydrogen-bond acceptors (Lipinski definition) is 4. The van der Waals surface area contributed by atoms with Crippen LogP contribution in [0.1, 0.15) is 39.7 Å². The first-order chi connectivity index (χ1) is 9.97. The molecule has 0 spiro atoms. The fourth-order valence-corrected chi connectivity index (χ4v) is 1.95. The first-order valence-electron chi connectivity index (χ1n) is 7.62. The molecule has 0 aliphatic carbocycles. The van der Waals surface area contributed by atoms with Crippen molar-refractivity contribution in [3.63, 3.8) is 0 Å². The molecule has 5 heteroatoms. The zero-order valence-electron chi connectivity index (χ0n) is 13.5. The number of rotatable bonds is 8. The Morgan fingerprint density at radius 1 is 1.33 bits per heavy atom. The van der Waals surface area contributed by atoms with E-state index in [9.17, 15) is 9.90 Å². The minimum absolute atomic E-state index is 0.0887. The molecular formula is C16H27N3O2. The molecule has 1 aromatic heterocycles. The number of pyridine rings is 1. The van der Waals surface area contributed by atoms with E-state index in [1.54, 1.807) is 6.20 Å². The first-order valence-corrected chi connectivity index (χ1v) is 7.62. The Morgan fingerprint density at radius 2 is 2.00 bits per heavy atom. The van der Waals surface area contributed by atoms with Gasteiger partial charge in [-0.3, -0.25) is 4.79 Å². The van der Waals surface area contributed by atoms with Crippen molar-refractivity contribution in [2.24, 2.45) is 5.92 Å². The molecule has 0 radical (unpaired) electrons. The van der Waals surface area contributed by atoms with Crippen molar-refractivity contribution in [1.29, 1.82) is 0 Å². The van der Waals surface area contributed by atoms with E-state index in [2.05, 4.69) is 29.0 Å². The Hall–Kier alpha value is -1.62. The van der Waals surface area contributed by atoms with Crippen molar-refractivity contribution < 1.29 is 9.90 Å². The smallest absolute Gasteiger partial charge is 0.222 e. The molecular weight excluding hydrogens is 266 g/mol. The van der Waals surface area contributed by atoms with Gasteiger partial charge in [-0.05, 0) is 31.4 Å². The van der Waals surface area contributed by atoms with Gasteiger partial charge in [-0.1, -0.05) is 19.9 Å². The summed E-state index contributed by atoms with van der Waals surface area (Å²) >= 11 is 0. The Morgan fingerprint density at radius 3 is 2.48 bits per heavy atom. The summed E-state index contributed by atoms with van der Waals surface area (Å²) in [4.78, 5) is 18.3. The lowest BCUT2D eigenvalue weighted by Gasteiger charge is -2.19. The average Bonchev–Trinajstić information content (AvgIpc) is 2.47. The van der Waals surface area contributed by atoms with Crippen LogP contribution in [-0.2, 0) is 11.3 Å². The van der Waals surface area contributed by atoms with Crippen LogP contribution in [0.5, 0.6) is 0 Å². The molecule has 2 N–H and O–H groups in total. The maximum atomic E-state index is 11.7. The molecule has 1 atom stereocenters. The van der Waals surface area contributed by atoms with Crippen LogP contribution in [0.2, 0.25) is 0 Å². The summed E-state index contributed by atoms with van der Waals surface area (Å²) in [6.07, 6.45) is 1.34. The molecule has 1 heterocycles. The summed E-state index contributed by atoms with van der Waals surface area (Å²) in [6.45, 7) is 10.3. The molecule has 0 aliphatic heterocycles. The van der Waals surface area contributed by atoms with Gasteiger partial charge in [0.2, 0.25) is 5.91 Å². The monoisotopic (exact) mass is 293 g/mol. The van der Waals surface area contributed by atoms with Crippen LogP contribution in [0, 0.1) is 5.92 Å². The third kappa shape index (κ3) is 5.71. The summed E-state index contributed by atoms with van der Waals surface area (Å²) in [5.41, 5.74) is 0.957. The van der Waals surface area contributed by atoms with E-state index in [4.69, 9.17) is 0 Å². The second-order valence-corrected chi connectivity index (χ2v) is 5.49. The number of aliphatic hydroxyl groups excluding tert-OH is 1. The lowest BCUT2D eigenvalue weighted by atomic mass is 10.0. The van der Waals surface area contributed by atoms with Gasteiger partial charge in [0, 0.05) is 25.8 Å². The fraction of sp³-hybridized carbons (Fsp3) is 0.625. The van der Waals surface area contributed by atoms with E-state index in [0.717, 1.165) is 24.5 Å². The molecule has 1 rings (SSSR count). The van der Waals surface area contributed by atoms with E-state index in [-0.39, 0.29) is 18.2 Å². The highest BCUT2D eigenvalue weighted by Crippen LogP contribution is 2.11. The fourth-order valence-electron chi connectivity index (χ4n) is 1.95. The van der Waals surface area contributed by atoms with Gasteiger partial charge in [0.15, 0.2) is 0 Å². The molecule has 0 saturated carbocycles. The van der Waals surface area contributed by atoms with Gasteiger partial charge < -0.3 is 15.3 Å². The normalized spacial score (nSPS) is 12.3. The minimum Gasteiger partial charge on any atom is -0.392 e. The highest BCUT2D eigenvalue weighted by Gasteiger charge is 2.14. The minimum atomic E-state index is -0.590. The van der Waals surface area contributed by atoms with Gasteiger partial charge in [0.05, 0.1) is 12.5 Å². The van der Waals surface area contributed by atoms with Crippen LogP contribution in [0.4, 0.5) is 5.82 Å². The Balaban J connectivity index is 2.47. The second kappa shape index (κ2) is 8.62. The molecule has 0 saturated heterocycles. The summed E-state index contributed by atoms with van der Waals surface area (Å²) in [7, 11) is 0. The van der Waals surface area contributed by atoms with E-state index < -0.39 is 6.10 Å². The molecule has 1 unspecified atom stereocenters. The maximum Gasteiger partial charge on any atom is 0.222 e. The van der Waals surface area contributed by atoms with Gasteiger partial charge in [-0.2, -0.15) is 0 Å². The van der Waals surface area contributed by atoms with Crippen LogP contribution in [0.3, 0.4) is 0 Å². The number of anilines is 1. The number of nitrogens with one attached hydrogen (secondary N) is 1. The molecule has 1 amide bonds. The molecule has 118 valence electrons. The lowest BCUT2D eigenvalue weighted by Crippen LogP contribution is -2.29. The SMILES string of the molecule is CCN(CC)c1ccc(CNC(=O)CC(O)C(C)C)cn1. The zero-order valence-corrected chi connectivity index (χ0v) is 13.5. The molecule has 0 aromatic carbocycles. The standard InChI is InChI=1S/C16H27N3O2/c1-5-19(6-2)15-8-7-13(10-17-15)11-18-16(21)9-14(20)12(3)4/h7-8,10,12,14,20H,5-6,9,11H2,1-4H3,(H,18,21). The molecule has 0 fully saturated rings. The summed E-state index contributed by atoms with van der Waals surface area (Å²) in [6, 6.07) is 3.94. The largest absolute Gasteiger partial charge is 0.392 e. The van der Waals surface area contributed by atoms with Crippen LogP contribution >= 0.6 is 0 Å². The zero-order chi connectivity index (χ0) is 15.8. The number of carbonyl (C=O) groups excluding carboxylic acids is 1. The van der Waals surface area contributed by atoms with Gasteiger partial charge in [-0.15, -0.1) is 0 Å². The van der Waals surface area contributed by atoms with Gasteiger partial charge in [0.1, 0.15) is 5.82 Å². The van der Waals surface area contributed by atoms with Gasteiger partial charge >= 0.3 is 0 Å². The molecule has 21 heavy (non-hydrogen) atoms. The molecule has 5 nitrogen and oxygen atoms in total. The van der Waals surface area contributed by atoms with Crippen molar-refractivity contribution >= 4 is 11.7 Å². The predicted molar refractivity (Wildman–Crippen MR) is 85.1 cm³/mol. The number of aliphatic hydroxyl groups is 1. The van der Waals surface area contributed by atoms with Crippen LogP contribution < -0.4 is 10.2 Å². The number of carbonyl (C=O) groups is 1. The summed E-state index contributed by atoms with van der Waals surface area (Å²) in [5, 5.41) is 12.5. The van der Waals surface area contributed by atoms with E-state index in [1.807, 2.05) is 26.0 Å². The van der Waals surface area contributed by atoms with Gasteiger partial charge in [0.25, 0.3) is 0 Å². The lowest BCUT2D eigenvalue weighted by molar-refractivity contribution is -0.123. The third-order valence-electron chi connectivity index (χ3n) is 3.55. The van der Waals surface area contributed by atoms with Crippen LogP contribution in [0.15, 0.2) is 18.3 Å². The Bertz CT molecular complexity index is 428. The predicted octanol–water partition coefficient (Wildman–Crippen LogP) is 1.95. The van der Waals surface area contributed by atoms with Crippen LogP contribution in [-0.4, -0.2) is 35.2 Å². The van der Waals surface area contributed by atoms with Crippen LogP contribution in [0.25, 0.3) is 0 Å². The number of aromatic nitrogens is 1. The van der Waals surface area contributed by atoms with Crippen molar-refractivity contribution in [3.05, 3.63) is 23.9 Å². The number of hydrogen-bond donors (Lipinski definition) is 2. The van der Waals surface area contributed by atoms with Crippen molar-refractivity contribution in [2.45, 2.75) is 46.8 Å². The molecule has 1 aromatic rings. The Labute approximate surface area is 127 Å². The Kier molecular flexibility index (Phi) is 7.15. The highest BCUT2D eigenvalue weighted by atomic mass is 16.3. The first kappa shape index (κ1) is 17.4. The van der Waals surface area contributed by atoms with E-state index >= 15 is 0 Å². The van der Waals surface area contributed by atoms with Crippen molar-refractivity contribution in [2.75, 3.05) is 18.0 Å². The molecule has 0 bridgehead atoms. The average molecular weight is 293 g/mol. The van der Waals surface area contributed by atoms with E-state index in [0.29, 0.717) is 6.54 Å². The topological polar surface area (TPSA) is 65.5 Å². The number of amides is 1. The summed E-state index contributed by atoms with van der Waals surface area (Å²) in [5.74, 6) is 0.903. The van der Waals surface area contributed by atoms with Gasteiger partial charge in [-0.25, -0.2) is 4.98 Å². The highest BCUT2D eigenvalue weighted by molar-refractivity contribution is 5.76. The quantitative estimate of drug-likeness (QED) is 0.769. The number of nitrogens with zero attached hydrogens (tertiary/aromatic N) is 2. The van der Waals surface area contributed by atoms with Crippen molar-refractivity contribution in [1.82, 2.24) is 10.3 Å². The maximum absolute atomic E-state index is 11.7. The van der Waals surface area contributed by atoms with E-state index in [1.165, 1.54) is 0 Å². The third-order valence-corrected chi connectivity index (χ3v) is 3.55. The second-order valence-electron chi connectivity index (χ2n) is 5.49.